The van der Waals surface area contributed by atoms with Crippen LogP contribution in [0.1, 0.15) is 50.2 Å². The summed E-state index contributed by atoms with van der Waals surface area (Å²) < 4.78 is 0. The molecular formula is C14H17ClO2. The molecule has 0 aromatic heterocycles. The van der Waals surface area contributed by atoms with E-state index in [-0.39, 0.29) is 0 Å². The summed E-state index contributed by atoms with van der Waals surface area (Å²) in [5.74, 6) is -0.365. The van der Waals surface area contributed by atoms with E-state index in [0.717, 1.165) is 30.4 Å². The molecule has 0 unspecified atom stereocenters. The first kappa shape index (κ1) is 12.4. The van der Waals surface area contributed by atoms with Crippen molar-refractivity contribution in [3.05, 3.63) is 34.3 Å². The predicted octanol–water partition coefficient (Wildman–Crippen LogP) is 3.97. The molecule has 3 heteroatoms. The third-order valence-electron chi connectivity index (χ3n) is 3.79. The quantitative estimate of drug-likeness (QED) is 0.884. The van der Waals surface area contributed by atoms with E-state index in [1.807, 2.05) is 18.2 Å². The number of hydrogen-bond acceptors (Lipinski definition) is 1. The van der Waals surface area contributed by atoms with Crippen LogP contribution in [0.2, 0.25) is 5.02 Å². The first-order valence-corrected chi connectivity index (χ1v) is 6.38. The molecule has 0 heterocycles. The molecule has 17 heavy (non-hydrogen) atoms. The van der Waals surface area contributed by atoms with Gasteiger partial charge < -0.3 is 5.11 Å². The molecule has 1 fully saturated rings. The average Bonchev–Trinajstić information content (AvgIpc) is 2.14. The topological polar surface area (TPSA) is 37.3 Å². The molecule has 0 bridgehead atoms. The summed E-state index contributed by atoms with van der Waals surface area (Å²) in [5, 5.41) is 10.0. The first-order chi connectivity index (χ1) is 7.97. The van der Waals surface area contributed by atoms with Crippen LogP contribution in [0, 0.1) is 0 Å². The van der Waals surface area contributed by atoms with Crippen molar-refractivity contribution in [1.29, 1.82) is 0 Å². The maximum Gasteiger partial charge on any atom is 0.314 e. The largest absolute Gasteiger partial charge is 0.481 e. The molecule has 0 saturated heterocycles. The smallest absolute Gasteiger partial charge is 0.314 e. The Morgan fingerprint density at radius 3 is 2.41 bits per heavy atom. The highest BCUT2D eigenvalue weighted by Gasteiger charge is 2.46. The van der Waals surface area contributed by atoms with Gasteiger partial charge in [-0.25, -0.2) is 0 Å². The molecule has 0 atom stereocenters. The lowest BCUT2D eigenvalue weighted by Crippen LogP contribution is -2.42. The molecule has 1 aromatic rings. The van der Waals surface area contributed by atoms with Crippen molar-refractivity contribution in [3.8, 4) is 0 Å². The van der Waals surface area contributed by atoms with Crippen LogP contribution in [0.15, 0.2) is 18.2 Å². The van der Waals surface area contributed by atoms with Gasteiger partial charge in [-0.3, -0.25) is 4.79 Å². The molecule has 0 spiro atoms. The molecule has 1 aromatic carbocycles. The number of rotatable bonds is 3. The number of halogens is 1. The van der Waals surface area contributed by atoms with E-state index in [4.69, 9.17) is 11.6 Å². The van der Waals surface area contributed by atoms with E-state index < -0.39 is 11.4 Å². The number of hydrogen-bond donors (Lipinski definition) is 1. The second-order valence-corrected chi connectivity index (χ2v) is 5.54. The maximum atomic E-state index is 11.4. The lowest BCUT2D eigenvalue weighted by Gasteiger charge is -2.38. The second kappa shape index (κ2) is 4.34. The fraction of sp³-hybridized carbons (Fsp3) is 0.500. The minimum Gasteiger partial charge on any atom is -0.481 e. The highest BCUT2D eigenvalue weighted by molar-refractivity contribution is 6.31. The number of carboxylic acid groups (broad SMARTS) is 1. The van der Waals surface area contributed by atoms with Crippen LogP contribution in [0.4, 0.5) is 0 Å². The normalized spacial score (nSPS) is 17.9. The van der Waals surface area contributed by atoms with Gasteiger partial charge in [0.15, 0.2) is 0 Å². The van der Waals surface area contributed by atoms with Gasteiger partial charge >= 0.3 is 5.97 Å². The Morgan fingerprint density at radius 1 is 1.41 bits per heavy atom. The predicted molar refractivity (Wildman–Crippen MR) is 68.7 cm³/mol. The van der Waals surface area contributed by atoms with Crippen molar-refractivity contribution in [2.45, 2.75) is 44.4 Å². The fourth-order valence-corrected chi connectivity index (χ4v) is 2.85. The standard InChI is InChI=1S/C14H17ClO2/c1-9(2)11-5-4-10(8-12(11)15)14(13(16)17)6-3-7-14/h4-5,8-9H,3,6-7H2,1-2H3,(H,16,17). The Hall–Kier alpha value is -1.02. The highest BCUT2D eigenvalue weighted by Crippen LogP contribution is 2.45. The van der Waals surface area contributed by atoms with E-state index in [1.54, 1.807) is 0 Å². The molecule has 0 amide bonds. The summed E-state index contributed by atoms with van der Waals surface area (Å²) in [7, 11) is 0. The van der Waals surface area contributed by atoms with Gasteiger partial charge in [-0.05, 0) is 36.0 Å². The van der Waals surface area contributed by atoms with Crippen molar-refractivity contribution >= 4 is 17.6 Å². The Balaban J connectivity index is 2.41. The minimum atomic E-state index is -0.725. The molecular weight excluding hydrogens is 236 g/mol. The van der Waals surface area contributed by atoms with Crippen LogP contribution in [0.25, 0.3) is 0 Å². The monoisotopic (exact) mass is 252 g/mol. The van der Waals surface area contributed by atoms with Crippen LogP contribution in [0.5, 0.6) is 0 Å². The van der Waals surface area contributed by atoms with E-state index in [2.05, 4.69) is 13.8 Å². The fourth-order valence-electron chi connectivity index (χ4n) is 2.45. The molecule has 1 saturated carbocycles. The molecule has 92 valence electrons. The van der Waals surface area contributed by atoms with Gasteiger partial charge in [0.1, 0.15) is 0 Å². The number of benzene rings is 1. The number of carbonyl (C=O) groups is 1. The second-order valence-electron chi connectivity index (χ2n) is 5.13. The lowest BCUT2D eigenvalue weighted by molar-refractivity contribution is -0.147. The molecule has 1 aliphatic carbocycles. The lowest BCUT2D eigenvalue weighted by atomic mass is 9.64. The Labute approximate surface area is 107 Å². The third kappa shape index (κ3) is 1.95. The summed E-state index contributed by atoms with van der Waals surface area (Å²) in [6, 6.07) is 5.73. The molecule has 1 aliphatic rings. The molecule has 0 radical (unpaired) electrons. The highest BCUT2D eigenvalue weighted by atomic mass is 35.5. The molecule has 2 nitrogen and oxygen atoms in total. The van der Waals surface area contributed by atoms with Gasteiger partial charge in [-0.1, -0.05) is 44.0 Å². The van der Waals surface area contributed by atoms with Gasteiger partial charge in [0.05, 0.1) is 5.41 Å². The zero-order chi connectivity index (χ0) is 12.6. The first-order valence-electron chi connectivity index (χ1n) is 6.01. The summed E-state index contributed by atoms with van der Waals surface area (Å²) in [4.78, 5) is 11.4. The summed E-state index contributed by atoms with van der Waals surface area (Å²) in [6.45, 7) is 4.16. The van der Waals surface area contributed by atoms with Gasteiger partial charge in [0.25, 0.3) is 0 Å². The van der Waals surface area contributed by atoms with Crippen LogP contribution in [-0.2, 0) is 10.2 Å². The van der Waals surface area contributed by atoms with E-state index >= 15 is 0 Å². The molecule has 1 N–H and O–H groups in total. The minimum absolute atomic E-state index is 0.360. The Kier molecular flexibility index (Phi) is 3.17. The maximum absolute atomic E-state index is 11.4. The zero-order valence-electron chi connectivity index (χ0n) is 10.2. The van der Waals surface area contributed by atoms with Crippen LogP contribution in [-0.4, -0.2) is 11.1 Å². The van der Waals surface area contributed by atoms with Crippen molar-refractivity contribution < 1.29 is 9.90 Å². The average molecular weight is 253 g/mol. The summed E-state index contributed by atoms with van der Waals surface area (Å²) in [6.07, 6.45) is 2.43. The third-order valence-corrected chi connectivity index (χ3v) is 4.12. The van der Waals surface area contributed by atoms with Crippen molar-refractivity contribution in [3.63, 3.8) is 0 Å². The van der Waals surface area contributed by atoms with Crippen molar-refractivity contribution in [1.82, 2.24) is 0 Å². The van der Waals surface area contributed by atoms with Gasteiger partial charge in [-0.15, -0.1) is 0 Å². The summed E-state index contributed by atoms with van der Waals surface area (Å²) >= 11 is 6.22. The number of carboxylic acids is 1. The van der Waals surface area contributed by atoms with Gasteiger partial charge in [-0.2, -0.15) is 0 Å². The molecule has 2 rings (SSSR count). The Morgan fingerprint density at radius 2 is 2.06 bits per heavy atom. The van der Waals surface area contributed by atoms with E-state index in [9.17, 15) is 9.90 Å². The summed E-state index contributed by atoms with van der Waals surface area (Å²) in [5.41, 5.74) is 1.25. The van der Waals surface area contributed by atoms with Crippen LogP contribution < -0.4 is 0 Å². The zero-order valence-corrected chi connectivity index (χ0v) is 10.9. The Bertz CT molecular complexity index is 448. The van der Waals surface area contributed by atoms with E-state index in [0.29, 0.717) is 10.9 Å². The van der Waals surface area contributed by atoms with Crippen molar-refractivity contribution in [2.75, 3.05) is 0 Å². The number of aliphatic carboxylic acids is 1. The van der Waals surface area contributed by atoms with E-state index in [1.165, 1.54) is 0 Å². The molecule has 0 aliphatic heterocycles. The van der Waals surface area contributed by atoms with Gasteiger partial charge in [0.2, 0.25) is 0 Å². The van der Waals surface area contributed by atoms with Crippen LogP contribution in [0.3, 0.4) is 0 Å². The van der Waals surface area contributed by atoms with Crippen LogP contribution >= 0.6 is 11.6 Å². The SMILES string of the molecule is CC(C)c1ccc(C2(C(=O)O)CCC2)cc1Cl. The van der Waals surface area contributed by atoms with Gasteiger partial charge in [0, 0.05) is 5.02 Å². The van der Waals surface area contributed by atoms with Crippen molar-refractivity contribution in [2.24, 2.45) is 0 Å².